The normalized spacial score (nSPS) is 11.9. The number of carbonyl (C=O) groups is 2. The van der Waals surface area contributed by atoms with Crippen LogP contribution in [0.2, 0.25) is 0 Å². The Labute approximate surface area is 195 Å². The predicted molar refractivity (Wildman–Crippen MR) is 124 cm³/mol. The van der Waals surface area contributed by atoms with Gasteiger partial charge in [-0.2, -0.15) is 0 Å². The summed E-state index contributed by atoms with van der Waals surface area (Å²) in [4.78, 5) is 33.6. The van der Waals surface area contributed by atoms with Crippen molar-refractivity contribution in [3.05, 3.63) is 76.7 Å². The Bertz CT molecular complexity index is 1200. The van der Waals surface area contributed by atoms with Crippen LogP contribution in [-0.2, 0) is 27.4 Å². The van der Waals surface area contributed by atoms with Crippen LogP contribution >= 0.6 is 11.3 Å². The lowest BCUT2D eigenvalue weighted by molar-refractivity contribution is -0.142. The second-order valence-electron chi connectivity index (χ2n) is 7.30. The number of fused-ring (bicyclic) bond motifs is 1. The van der Waals surface area contributed by atoms with Gasteiger partial charge in [-0.25, -0.2) is 4.68 Å². The lowest BCUT2D eigenvalue weighted by Crippen LogP contribution is -2.45. The van der Waals surface area contributed by atoms with Crippen molar-refractivity contribution in [2.45, 2.75) is 19.1 Å². The molecule has 0 radical (unpaired) electrons. The molecule has 1 atom stereocenters. The highest BCUT2D eigenvalue weighted by atomic mass is 32.1. The van der Waals surface area contributed by atoms with Gasteiger partial charge in [0.25, 0.3) is 0 Å². The molecule has 3 aromatic heterocycles. The van der Waals surface area contributed by atoms with Crippen molar-refractivity contribution in [1.29, 1.82) is 0 Å². The molecular weight excluding hydrogens is 440 g/mol. The molecule has 0 bridgehead atoms. The molecule has 0 unspecified atom stereocenters. The fraction of sp³-hybridized carbons (Fsp3) is 0.261. The van der Waals surface area contributed by atoms with Crippen LogP contribution in [0.25, 0.3) is 11.0 Å². The first-order valence-electron chi connectivity index (χ1n) is 10.4. The molecule has 1 aromatic carbocycles. The number of aromatic nitrogens is 4. The van der Waals surface area contributed by atoms with E-state index in [9.17, 15) is 9.59 Å². The number of carbonyl (C=O) groups excluding carboxylic acids is 2. The van der Waals surface area contributed by atoms with Gasteiger partial charge < -0.3 is 15.0 Å². The zero-order valence-corrected chi connectivity index (χ0v) is 18.9. The van der Waals surface area contributed by atoms with Crippen LogP contribution < -0.4 is 5.32 Å². The van der Waals surface area contributed by atoms with Gasteiger partial charge >= 0.3 is 0 Å². The molecule has 2 amide bonds. The summed E-state index contributed by atoms with van der Waals surface area (Å²) in [7, 11) is 1.57. The maximum Gasteiger partial charge on any atom is 0.247 e. The molecule has 0 aliphatic heterocycles. The maximum atomic E-state index is 13.7. The third-order valence-corrected chi connectivity index (χ3v) is 5.98. The molecule has 0 saturated heterocycles. The van der Waals surface area contributed by atoms with E-state index in [1.165, 1.54) is 11.3 Å². The van der Waals surface area contributed by atoms with Crippen LogP contribution in [0.15, 0.2) is 66.3 Å². The molecule has 170 valence electrons. The number of thiophene rings is 1. The van der Waals surface area contributed by atoms with Crippen molar-refractivity contribution in [2.24, 2.45) is 0 Å². The largest absolute Gasteiger partial charge is 0.383 e. The average molecular weight is 465 g/mol. The third-order valence-electron chi connectivity index (χ3n) is 5.12. The first-order valence-corrected chi connectivity index (χ1v) is 11.3. The molecule has 10 heteroatoms. The Balaban J connectivity index is 1.68. The number of nitrogens with zero attached hydrogens (tertiary/aromatic N) is 5. The van der Waals surface area contributed by atoms with Crippen LogP contribution in [0.4, 0.5) is 0 Å². The molecule has 0 saturated carbocycles. The van der Waals surface area contributed by atoms with E-state index in [1.807, 2.05) is 41.8 Å². The fourth-order valence-corrected chi connectivity index (χ4v) is 4.24. The highest BCUT2D eigenvalue weighted by Crippen LogP contribution is 2.25. The van der Waals surface area contributed by atoms with Gasteiger partial charge in [-0.05, 0) is 41.3 Å². The average Bonchev–Trinajstić information content (AvgIpc) is 3.50. The zero-order chi connectivity index (χ0) is 23.0. The highest BCUT2D eigenvalue weighted by Gasteiger charge is 2.32. The Morgan fingerprint density at radius 1 is 1.15 bits per heavy atom. The second kappa shape index (κ2) is 10.8. The van der Waals surface area contributed by atoms with Crippen LogP contribution in [0.3, 0.4) is 0 Å². The van der Waals surface area contributed by atoms with Crippen molar-refractivity contribution in [3.8, 4) is 0 Å². The number of nitrogens with one attached hydrogen (secondary N) is 1. The highest BCUT2D eigenvalue weighted by molar-refractivity contribution is 7.09. The predicted octanol–water partition coefficient (Wildman–Crippen LogP) is 2.42. The van der Waals surface area contributed by atoms with Gasteiger partial charge in [0.1, 0.15) is 18.1 Å². The number of pyridine rings is 1. The monoisotopic (exact) mass is 464 g/mol. The van der Waals surface area contributed by atoms with Crippen LogP contribution in [0, 0.1) is 0 Å². The molecule has 0 fully saturated rings. The Hall–Kier alpha value is -3.63. The van der Waals surface area contributed by atoms with E-state index in [0.717, 1.165) is 10.4 Å². The number of para-hydroxylation sites is 1. The minimum Gasteiger partial charge on any atom is -0.383 e. The Morgan fingerprint density at radius 2 is 1.97 bits per heavy atom. The number of amides is 2. The molecule has 9 nitrogen and oxygen atoms in total. The zero-order valence-electron chi connectivity index (χ0n) is 18.1. The maximum absolute atomic E-state index is 13.7. The van der Waals surface area contributed by atoms with Crippen LogP contribution in [0.5, 0.6) is 0 Å². The van der Waals surface area contributed by atoms with Gasteiger partial charge in [0.2, 0.25) is 11.8 Å². The molecule has 4 aromatic rings. The standard InChI is InChI=1S/C23H24N6O3S/c1-32-13-12-25-23(31)22(17-8-10-24-11-9-17)28(15-18-5-4-14-33-18)21(30)16-29-20-7-3-2-6-19(20)26-27-29/h2-11,14,22H,12-13,15-16H2,1H3,(H,25,31)/t22-/m0/s1. The molecule has 1 N–H and O–H groups in total. The summed E-state index contributed by atoms with van der Waals surface area (Å²) in [5, 5.41) is 13.1. The SMILES string of the molecule is COCCNC(=O)[C@H](c1ccncc1)N(Cc1cccs1)C(=O)Cn1nnc2ccccc21. The van der Waals surface area contributed by atoms with Crippen molar-refractivity contribution < 1.29 is 14.3 Å². The first-order chi connectivity index (χ1) is 16.2. The summed E-state index contributed by atoms with van der Waals surface area (Å²) in [5.74, 6) is -0.533. The summed E-state index contributed by atoms with van der Waals surface area (Å²) < 4.78 is 6.62. The third kappa shape index (κ3) is 5.41. The molecule has 0 spiro atoms. The summed E-state index contributed by atoms with van der Waals surface area (Å²) >= 11 is 1.53. The van der Waals surface area contributed by atoms with E-state index in [0.29, 0.717) is 24.2 Å². The van der Waals surface area contributed by atoms with Crippen molar-refractivity contribution >= 4 is 34.2 Å². The summed E-state index contributed by atoms with van der Waals surface area (Å²) in [6.45, 7) is 0.955. The number of ether oxygens (including phenoxy) is 1. The minimum atomic E-state index is -0.839. The van der Waals surface area contributed by atoms with Gasteiger partial charge in [0, 0.05) is 30.9 Å². The quantitative estimate of drug-likeness (QED) is 0.362. The van der Waals surface area contributed by atoms with Crippen molar-refractivity contribution in [2.75, 3.05) is 20.3 Å². The van der Waals surface area contributed by atoms with Gasteiger partial charge in [0.15, 0.2) is 0 Å². The van der Waals surface area contributed by atoms with E-state index < -0.39 is 6.04 Å². The lowest BCUT2D eigenvalue weighted by atomic mass is 10.1. The van der Waals surface area contributed by atoms with E-state index in [4.69, 9.17) is 4.74 Å². The summed E-state index contributed by atoms with van der Waals surface area (Å²) in [6, 6.07) is 14.0. The number of rotatable bonds is 10. The molecule has 0 aliphatic carbocycles. The summed E-state index contributed by atoms with van der Waals surface area (Å²) in [5.41, 5.74) is 2.14. The van der Waals surface area contributed by atoms with E-state index in [1.54, 1.807) is 41.2 Å². The van der Waals surface area contributed by atoms with Crippen LogP contribution in [-0.4, -0.2) is 57.0 Å². The van der Waals surface area contributed by atoms with Gasteiger partial charge in [-0.15, -0.1) is 16.4 Å². The Kier molecular flexibility index (Phi) is 7.38. The number of benzene rings is 1. The van der Waals surface area contributed by atoms with Gasteiger partial charge in [-0.1, -0.05) is 23.4 Å². The molecule has 33 heavy (non-hydrogen) atoms. The van der Waals surface area contributed by atoms with Gasteiger partial charge in [0.05, 0.1) is 18.7 Å². The van der Waals surface area contributed by atoms with Crippen molar-refractivity contribution in [1.82, 2.24) is 30.2 Å². The van der Waals surface area contributed by atoms with Gasteiger partial charge in [-0.3, -0.25) is 14.6 Å². The second-order valence-corrected chi connectivity index (χ2v) is 8.34. The van der Waals surface area contributed by atoms with E-state index in [-0.39, 0.29) is 24.9 Å². The fourth-order valence-electron chi connectivity index (χ4n) is 3.54. The smallest absolute Gasteiger partial charge is 0.247 e. The van der Waals surface area contributed by atoms with E-state index >= 15 is 0 Å². The number of hydrogen-bond donors (Lipinski definition) is 1. The summed E-state index contributed by atoms with van der Waals surface area (Å²) in [6.07, 6.45) is 3.23. The molecule has 4 rings (SSSR count). The Morgan fingerprint density at radius 3 is 2.73 bits per heavy atom. The molecule has 0 aliphatic rings. The van der Waals surface area contributed by atoms with Crippen LogP contribution in [0.1, 0.15) is 16.5 Å². The number of methoxy groups -OCH3 is 1. The first kappa shape index (κ1) is 22.6. The minimum absolute atomic E-state index is 0.0428. The lowest BCUT2D eigenvalue weighted by Gasteiger charge is -2.31. The van der Waals surface area contributed by atoms with E-state index in [2.05, 4.69) is 20.6 Å². The van der Waals surface area contributed by atoms with Crippen molar-refractivity contribution in [3.63, 3.8) is 0 Å². The molecular formula is C23H24N6O3S. The molecule has 3 heterocycles. The topological polar surface area (TPSA) is 102 Å². The number of hydrogen-bond acceptors (Lipinski definition) is 7.